The molecule has 1 unspecified atom stereocenters. The highest BCUT2D eigenvalue weighted by atomic mass is 35.5. The van der Waals surface area contributed by atoms with E-state index in [1.54, 1.807) is 14.2 Å². The first-order valence-electron chi connectivity index (χ1n) is 8.67. The van der Waals surface area contributed by atoms with E-state index < -0.39 is 0 Å². The molecule has 1 heterocycles. The van der Waals surface area contributed by atoms with Crippen molar-refractivity contribution >= 4 is 42.1 Å². The zero-order valence-corrected chi connectivity index (χ0v) is 18.6. The summed E-state index contributed by atoms with van der Waals surface area (Å²) in [7, 11) is 3.21. The van der Waals surface area contributed by atoms with E-state index in [9.17, 15) is 4.79 Å². The molecule has 1 aliphatic rings. The molecule has 6 nitrogen and oxygen atoms in total. The highest BCUT2D eigenvalue weighted by molar-refractivity contribution is 7.13. The van der Waals surface area contributed by atoms with Crippen LogP contribution in [0.2, 0.25) is 0 Å². The number of amides is 1. The van der Waals surface area contributed by atoms with Crippen LogP contribution in [0, 0.1) is 5.92 Å². The van der Waals surface area contributed by atoms with E-state index in [4.69, 9.17) is 15.2 Å². The summed E-state index contributed by atoms with van der Waals surface area (Å²) in [5.74, 6) is 1.79. The van der Waals surface area contributed by atoms with E-state index in [1.165, 1.54) is 11.3 Å². The molecule has 1 fully saturated rings. The first-order chi connectivity index (χ1) is 12.5. The fraction of sp³-hybridized carbons (Fsp3) is 0.474. The minimum atomic E-state index is -0.306. The number of hydrogen-bond acceptors (Lipinski definition) is 6. The average molecular weight is 448 g/mol. The predicted octanol–water partition coefficient (Wildman–Crippen LogP) is 3.46. The Balaban J connectivity index is 0.00000196. The average Bonchev–Trinajstić information content (AvgIpc) is 3.41. The van der Waals surface area contributed by atoms with Gasteiger partial charge in [-0.25, -0.2) is 4.98 Å². The van der Waals surface area contributed by atoms with Gasteiger partial charge in [-0.05, 0) is 43.9 Å². The van der Waals surface area contributed by atoms with Crippen LogP contribution in [-0.4, -0.2) is 37.2 Å². The fourth-order valence-corrected chi connectivity index (χ4v) is 3.87. The second kappa shape index (κ2) is 10.3. The van der Waals surface area contributed by atoms with E-state index >= 15 is 0 Å². The van der Waals surface area contributed by atoms with Gasteiger partial charge in [-0.2, -0.15) is 0 Å². The van der Waals surface area contributed by atoms with Gasteiger partial charge in [0.2, 0.25) is 5.91 Å². The molecule has 156 valence electrons. The van der Waals surface area contributed by atoms with Gasteiger partial charge in [-0.3, -0.25) is 4.79 Å². The molecule has 0 radical (unpaired) electrons. The number of rotatable bonds is 8. The second-order valence-corrected chi connectivity index (χ2v) is 7.69. The van der Waals surface area contributed by atoms with Gasteiger partial charge in [-0.15, -0.1) is 36.2 Å². The van der Waals surface area contributed by atoms with Crippen molar-refractivity contribution in [3.63, 3.8) is 0 Å². The fourth-order valence-electron chi connectivity index (χ4n) is 3.06. The van der Waals surface area contributed by atoms with Gasteiger partial charge in [0.15, 0.2) is 11.5 Å². The molecule has 2 aromatic rings. The van der Waals surface area contributed by atoms with Crippen molar-refractivity contribution in [3.8, 4) is 22.1 Å². The quantitative estimate of drug-likeness (QED) is 0.646. The number of ether oxygens (including phenoxy) is 2. The first-order valence-corrected chi connectivity index (χ1v) is 9.55. The summed E-state index contributed by atoms with van der Waals surface area (Å²) in [6.07, 6.45) is 2.52. The van der Waals surface area contributed by atoms with Crippen molar-refractivity contribution < 1.29 is 14.3 Å². The SMILES string of the molecule is COc1ccc(-c2nc(CC(=O)NC(C)(CN)C3CC3)cs2)cc1OC.Cl.Cl. The number of thiazole rings is 1. The third kappa shape index (κ3) is 5.50. The molecule has 0 saturated heterocycles. The number of hydrogen-bond donors (Lipinski definition) is 2. The lowest BCUT2D eigenvalue weighted by atomic mass is 9.95. The standard InChI is InChI=1S/C19H25N3O3S.2ClH/c1-19(11-20,13-5-6-13)22-17(23)9-14-10-26-18(21-14)12-4-7-15(24-2)16(8-12)25-3;;/h4,7-8,10,13H,5-6,9,11,20H2,1-3H3,(H,22,23);2*1H. The van der Waals surface area contributed by atoms with E-state index in [0.717, 1.165) is 29.1 Å². The number of aromatic nitrogens is 1. The maximum absolute atomic E-state index is 12.4. The van der Waals surface area contributed by atoms with E-state index in [2.05, 4.69) is 10.3 Å². The summed E-state index contributed by atoms with van der Waals surface area (Å²) in [4.78, 5) is 17.0. The molecule has 0 aliphatic heterocycles. The van der Waals surface area contributed by atoms with Crippen LogP contribution in [0.3, 0.4) is 0 Å². The first kappa shape index (κ1) is 24.5. The van der Waals surface area contributed by atoms with Crippen molar-refractivity contribution in [2.45, 2.75) is 31.7 Å². The van der Waals surface area contributed by atoms with Crippen LogP contribution in [0.5, 0.6) is 11.5 Å². The molecular weight excluding hydrogens is 421 g/mol. The minimum Gasteiger partial charge on any atom is -0.493 e. The van der Waals surface area contributed by atoms with Gasteiger partial charge < -0.3 is 20.5 Å². The summed E-state index contributed by atoms with van der Waals surface area (Å²) < 4.78 is 10.6. The minimum absolute atomic E-state index is 0. The highest BCUT2D eigenvalue weighted by Crippen LogP contribution is 2.39. The lowest BCUT2D eigenvalue weighted by Crippen LogP contribution is -2.53. The summed E-state index contributed by atoms with van der Waals surface area (Å²) in [5.41, 5.74) is 7.26. The summed E-state index contributed by atoms with van der Waals surface area (Å²) in [6, 6.07) is 5.67. The van der Waals surface area contributed by atoms with Crippen LogP contribution in [0.15, 0.2) is 23.6 Å². The van der Waals surface area contributed by atoms with Gasteiger partial charge in [0.25, 0.3) is 0 Å². The molecular formula is C19H27Cl2N3O3S. The molecule has 1 amide bonds. The molecule has 1 aromatic heterocycles. The third-order valence-corrected chi connectivity index (χ3v) is 5.79. The Kier molecular flexibility index (Phi) is 9.01. The molecule has 1 aromatic carbocycles. The monoisotopic (exact) mass is 447 g/mol. The molecule has 1 atom stereocenters. The van der Waals surface area contributed by atoms with Gasteiger partial charge in [0.05, 0.1) is 31.9 Å². The Morgan fingerprint density at radius 2 is 1.96 bits per heavy atom. The Morgan fingerprint density at radius 3 is 2.54 bits per heavy atom. The Labute approximate surface area is 182 Å². The smallest absolute Gasteiger partial charge is 0.226 e. The predicted molar refractivity (Wildman–Crippen MR) is 117 cm³/mol. The largest absolute Gasteiger partial charge is 0.493 e. The van der Waals surface area contributed by atoms with Crippen molar-refractivity contribution in [2.75, 3.05) is 20.8 Å². The number of nitrogens with two attached hydrogens (primary N) is 1. The number of benzene rings is 1. The third-order valence-electron chi connectivity index (χ3n) is 4.85. The molecule has 0 spiro atoms. The zero-order valence-electron chi connectivity index (χ0n) is 16.2. The van der Waals surface area contributed by atoms with E-state index in [-0.39, 0.29) is 42.7 Å². The van der Waals surface area contributed by atoms with Crippen LogP contribution in [-0.2, 0) is 11.2 Å². The number of halogens is 2. The summed E-state index contributed by atoms with van der Waals surface area (Å²) in [6.45, 7) is 2.48. The molecule has 28 heavy (non-hydrogen) atoms. The lowest BCUT2D eigenvalue weighted by molar-refractivity contribution is -0.122. The van der Waals surface area contributed by atoms with Crippen LogP contribution >= 0.6 is 36.2 Å². The molecule has 0 bridgehead atoms. The lowest BCUT2D eigenvalue weighted by Gasteiger charge is -2.29. The van der Waals surface area contributed by atoms with Crippen LogP contribution < -0.4 is 20.5 Å². The Morgan fingerprint density at radius 1 is 1.29 bits per heavy atom. The van der Waals surface area contributed by atoms with Crippen molar-refractivity contribution in [1.29, 1.82) is 0 Å². The van der Waals surface area contributed by atoms with Crippen LogP contribution in [0.1, 0.15) is 25.5 Å². The Hall–Kier alpha value is -1.54. The highest BCUT2D eigenvalue weighted by Gasteiger charge is 2.41. The summed E-state index contributed by atoms with van der Waals surface area (Å²) in [5, 5.41) is 5.86. The zero-order chi connectivity index (χ0) is 18.7. The number of methoxy groups -OCH3 is 2. The maximum Gasteiger partial charge on any atom is 0.226 e. The molecule has 1 aliphatic carbocycles. The van der Waals surface area contributed by atoms with Gasteiger partial charge >= 0.3 is 0 Å². The van der Waals surface area contributed by atoms with E-state index in [1.807, 2.05) is 30.5 Å². The number of nitrogens with zero attached hydrogens (tertiary/aromatic N) is 1. The number of carbonyl (C=O) groups is 1. The van der Waals surface area contributed by atoms with Crippen LogP contribution in [0.25, 0.3) is 10.6 Å². The van der Waals surface area contributed by atoms with Gasteiger partial charge in [0, 0.05) is 17.5 Å². The molecule has 3 rings (SSSR count). The second-order valence-electron chi connectivity index (χ2n) is 6.83. The van der Waals surface area contributed by atoms with Crippen molar-refractivity contribution in [2.24, 2.45) is 11.7 Å². The van der Waals surface area contributed by atoms with Crippen molar-refractivity contribution in [1.82, 2.24) is 10.3 Å². The topological polar surface area (TPSA) is 86.5 Å². The molecule has 1 saturated carbocycles. The van der Waals surface area contributed by atoms with E-state index in [0.29, 0.717) is 24.0 Å². The molecule has 3 N–H and O–H groups in total. The van der Waals surface area contributed by atoms with Gasteiger partial charge in [0.1, 0.15) is 5.01 Å². The summed E-state index contributed by atoms with van der Waals surface area (Å²) >= 11 is 1.51. The van der Waals surface area contributed by atoms with Gasteiger partial charge in [-0.1, -0.05) is 0 Å². The number of nitrogens with one attached hydrogen (secondary N) is 1. The molecule has 9 heteroatoms. The number of carbonyl (C=O) groups excluding carboxylic acids is 1. The van der Waals surface area contributed by atoms with Crippen molar-refractivity contribution in [3.05, 3.63) is 29.3 Å². The maximum atomic E-state index is 12.4. The Bertz CT molecular complexity index is 798. The normalized spacial score (nSPS) is 14.9. The van der Waals surface area contributed by atoms with Crippen LogP contribution in [0.4, 0.5) is 0 Å².